The van der Waals surface area contributed by atoms with Crippen molar-refractivity contribution >= 4 is 11.4 Å². The van der Waals surface area contributed by atoms with Crippen LogP contribution in [-0.2, 0) is 40.1 Å². The second-order valence-electron chi connectivity index (χ2n) is 20.6. The SMILES string of the molecule is CCCCC1=C(c2cc(CCCC)cc(CCCC)c2)[N+](=[N-])C(c2cc(CCCC)cc(CCCC)c2)=C1.CCCCCCCCCCCCC[CH2][Ni][CH2]CCCCCCCCCCCCC. The van der Waals surface area contributed by atoms with Gasteiger partial charge in [0.2, 0.25) is 11.4 Å². The Morgan fingerprint density at radius 2 is 0.612 bits per heavy atom. The molecule has 1 aliphatic rings. The molecule has 0 unspecified atom stereocenters. The van der Waals surface area contributed by atoms with Crippen molar-refractivity contribution in [3.8, 4) is 0 Å². The van der Waals surface area contributed by atoms with E-state index < -0.39 is 0 Å². The van der Waals surface area contributed by atoms with Gasteiger partial charge in [-0.1, -0.05) is 106 Å². The molecule has 0 saturated heterocycles. The van der Waals surface area contributed by atoms with Gasteiger partial charge in [0.25, 0.3) is 0 Å². The van der Waals surface area contributed by atoms with Gasteiger partial charge in [-0.05, 0) is 111 Å². The predicted octanol–water partition coefficient (Wildman–Crippen LogP) is 22.4. The number of benzene rings is 2. The molecule has 2 nitrogen and oxygen atoms in total. The van der Waals surface area contributed by atoms with E-state index in [9.17, 15) is 5.53 Å². The first kappa shape index (κ1) is 61.1. The summed E-state index contributed by atoms with van der Waals surface area (Å²) in [4.78, 5) is 0. The molecule has 0 fully saturated rings. The zero-order valence-corrected chi connectivity index (χ0v) is 46.7. The van der Waals surface area contributed by atoms with Crippen molar-refractivity contribution in [2.75, 3.05) is 0 Å². The Morgan fingerprint density at radius 3 is 0.940 bits per heavy atom. The molecular formula is C64H110N2Ni. The van der Waals surface area contributed by atoms with Crippen LogP contribution in [0.3, 0.4) is 0 Å². The number of nitrogens with zero attached hydrogens (tertiary/aromatic N) is 2. The number of allylic oxidation sites excluding steroid dienone is 2. The Labute approximate surface area is 424 Å². The van der Waals surface area contributed by atoms with Crippen molar-refractivity contribution < 1.29 is 19.1 Å². The summed E-state index contributed by atoms with van der Waals surface area (Å²) in [5.74, 6) is 0. The van der Waals surface area contributed by atoms with E-state index in [1.54, 1.807) is 0 Å². The van der Waals surface area contributed by atoms with Crippen molar-refractivity contribution in [2.24, 2.45) is 0 Å². The topological polar surface area (TPSA) is 25.3 Å². The summed E-state index contributed by atoms with van der Waals surface area (Å²) in [6.45, 7) is 15.9. The third-order valence-corrected chi connectivity index (χ3v) is 15.4. The molecule has 3 rings (SSSR count). The van der Waals surface area contributed by atoms with Crippen LogP contribution in [0.2, 0.25) is 10.8 Å². The van der Waals surface area contributed by atoms with Gasteiger partial charge in [-0.15, -0.1) is 0 Å². The summed E-state index contributed by atoms with van der Waals surface area (Å²) in [6.07, 6.45) is 54.8. The second kappa shape index (κ2) is 42.9. The Kier molecular flexibility index (Phi) is 39.1. The minimum Gasteiger partial charge on any atom is -0.0654 e. The molecule has 2 aromatic rings. The van der Waals surface area contributed by atoms with E-state index in [1.807, 2.05) is 14.4 Å². The summed E-state index contributed by atoms with van der Waals surface area (Å²) in [7, 11) is 0. The van der Waals surface area contributed by atoms with Gasteiger partial charge in [0.15, 0.2) is 0 Å². The smallest absolute Gasteiger partial charge is 0.0654 e. The molecule has 2 aromatic carbocycles. The fraction of sp³-hybridized carbons (Fsp3) is 0.750. The van der Waals surface area contributed by atoms with Gasteiger partial charge < -0.3 is 5.53 Å². The molecule has 0 spiro atoms. The van der Waals surface area contributed by atoms with Gasteiger partial charge in [-0.25, -0.2) is 4.70 Å². The molecule has 386 valence electrons. The molecule has 0 radical (unpaired) electrons. The number of aryl methyl sites for hydroxylation is 4. The first-order valence-electron chi connectivity index (χ1n) is 29.6. The molecule has 0 aromatic heterocycles. The van der Waals surface area contributed by atoms with Gasteiger partial charge in [0, 0.05) is 22.8 Å². The van der Waals surface area contributed by atoms with Crippen LogP contribution < -0.4 is 0 Å². The number of rotatable bonds is 43. The number of unbranched alkanes of at least 4 members (excludes halogenated alkanes) is 27. The predicted molar refractivity (Wildman–Crippen MR) is 297 cm³/mol. The van der Waals surface area contributed by atoms with E-state index in [0.29, 0.717) is 0 Å². The van der Waals surface area contributed by atoms with Crippen LogP contribution in [0.5, 0.6) is 0 Å². The Hall–Kier alpha value is -1.99. The van der Waals surface area contributed by atoms with Crippen molar-refractivity contribution in [3.05, 3.63) is 87.0 Å². The third-order valence-electron chi connectivity index (χ3n) is 14.0. The normalized spacial score (nSPS) is 12.6. The Morgan fingerprint density at radius 1 is 0.328 bits per heavy atom. The van der Waals surface area contributed by atoms with E-state index in [-0.39, 0.29) is 0 Å². The van der Waals surface area contributed by atoms with Gasteiger partial charge in [0.05, 0.1) is 0 Å². The van der Waals surface area contributed by atoms with Gasteiger partial charge in [0.1, 0.15) is 0 Å². The van der Waals surface area contributed by atoms with Crippen LogP contribution >= 0.6 is 0 Å². The third kappa shape index (κ3) is 29.1. The van der Waals surface area contributed by atoms with Crippen molar-refractivity contribution in [3.63, 3.8) is 0 Å². The zero-order chi connectivity index (χ0) is 48.4. The summed E-state index contributed by atoms with van der Waals surface area (Å²) in [6, 6.07) is 14.1. The quantitative estimate of drug-likeness (QED) is 0.0360. The summed E-state index contributed by atoms with van der Waals surface area (Å²) < 4.78 is 1.52. The molecule has 0 amide bonds. The van der Waals surface area contributed by atoms with Gasteiger partial charge in [-0.3, -0.25) is 0 Å². The average molecular weight is 966 g/mol. The first-order valence-corrected chi connectivity index (χ1v) is 31.0. The Bertz CT molecular complexity index is 1490. The Balaban J connectivity index is 0.000000480. The maximum absolute atomic E-state index is 11.8. The molecular weight excluding hydrogens is 855 g/mol. The van der Waals surface area contributed by atoms with E-state index >= 15 is 0 Å². The minimum atomic E-state index is 0.941. The van der Waals surface area contributed by atoms with Crippen LogP contribution in [0.1, 0.15) is 307 Å². The van der Waals surface area contributed by atoms with E-state index in [0.717, 1.165) is 61.9 Å². The molecule has 67 heavy (non-hydrogen) atoms. The van der Waals surface area contributed by atoms with Crippen LogP contribution in [-0.4, -0.2) is 4.70 Å². The molecule has 0 atom stereocenters. The average Bonchev–Trinajstić information content (AvgIpc) is 3.68. The van der Waals surface area contributed by atoms with Crippen molar-refractivity contribution in [1.82, 2.24) is 0 Å². The summed E-state index contributed by atoms with van der Waals surface area (Å²) in [5, 5.41) is 2.87. The summed E-state index contributed by atoms with van der Waals surface area (Å²) >= 11 is 2.04. The van der Waals surface area contributed by atoms with Gasteiger partial charge >= 0.3 is 166 Å². The van der Waals surface area contributed by atoms with Gasteiger partial charge in [-0.2, -0.15) is 0 Å². The van der Waals surface area contributed by atoms with Crippen LogP contribution in [0.25, 0.3) is 16.9 Å². The van der Waals surface area contributed by atoms with Crippen LogP contribution in [0.15, 0.2) is 48.0 Å². The second-order valence-corrected chi connectivity index (χ2v) is 22.0. The zero-order valence-electron chi connectivity index (χ0n) is 45.7. The first-order chi connectivity index (χ1) is 33.0. The molecule has 1 heterocycles. The molecule has 1 aliphatic heterocycles. The van der Waals surface area contributed by atoms with Crippen LogP contribution in [0.4, 0.5) is 0 Å². The number of hydrogen-bond donors (Lipinski definition) is 0. The number of hydrogen-bond acceptors (Lipinski definition) is 0. The fourth-order valence-corrected chi connectivity index (χ4v) is 10.8. The fourth-order valence-electron chi connectivity index (χ4n) is 9.61. The molecule has 3 heteroatoms. The molecule has 0 bridgehead atoms. The van der Waals surface area contributed by atoms with Crippen molar-refractivity contribution in [1.29, 1.82) is 0 Å². The monoisotopic (exact) mass is 965 g/mol. The van der Waals surface area contributed by atoms with Crippen LogP contribution in [0, 0.1) is 0 Å². The molecule has 0 aliphatic carbocycles. The van der Waals surface area contributed by atoms with E-state index in [4.69, 9.17) is 0 Å². The van der Waals surface area contributed by atoms with E-state index in [1.165, 1.54) is 254 Å². The summed E-state index contributed by atoms with van der Waals surface area (Å²) in [5.41, 5.74) is 23.0. The van der Waals surface area contributed by atoms with E-state index in [2.05, 4.69) is 90.9 Å². The maximum atomic E-state index is 11.8. The standard InChI is InChI=1S/C36H52N2.2C14H29.Ni/c1-6-11-16-28-21-29(17-12-7-2)24-33(23-28)35-27-32(20-15-10-5)36(38(35)37)34-25-30(18-13-8-3)22-31(26-34)19-14-9-4;2*1-3-5-7-9-11-13-14-12-10-8-6-4-2;/h21-27H,6-20H2,1-5H3;2*1,3-14H2,2H3;. The molecule has 0 saturated carbocycles. The minimum absolute atomic E-state index is 0.941. The molecule has 0 N–H and O–H groups in total. The van der Waals surface area contributed by atoms with Crippen molar-refractivity contribution in [2.45, 2.75) is 310 Å².